The second kappa shape index (κ2) is 9.43. The van der Waals surface area contributed by atoms with E-state index in [9.17, 15) is 19.7 Å². The maximum atomic E-state index is 12.0. The molecule has 0 aliphatic heterocycles. The number of hydrazone groups is 1. The highest BCUT2D eigenvalue weighted by Gasteiger charge is 2.11. The summed E-state index contributed by atoms with van der Waals surface area (Å²) in [7, 11) is 1.27. The Balaban J connectivity index is 1.98. The van der Waals surface area contributed by atoms with Crippen LogP contribution in [-0.4, -0.2) is 36.7 Å². The van der Waals surface area contributed by atoms with Gasteiger partial charge < -0.3 is 9.47 Å². The van der Waals surface area contributed by atoms with Crippen molar-refractivity contribution in [3.63, 3.8) is 0 Å². The minimum absolute atomic E-state index is 0.120. The van der Waals surface area contributed by atoms with Gasteiger partial charge in [0, 0.05) is 17.7 Å². The van der Waals surface area contributed by atoms with Gasteiger partial charge in [-0.1, -0.05) is 6.07 Å². The maximum absolute atomic E-state index is 12.0. The molecule has 0 radical (unpaired) electrons. The summed E-state index contributed by atoms with van der Waals surface area (Å²) >= 11 is 3.31. The Kier molecular flexibility index (Phi) is 7.00. The molecule has 9 nitrogen and oxygen atoms in total. The number of nitrogens with zero attached hydrogens (tertiary/aromatic N) is 2. The molecule has 2 aromatic rings. The van der Waals surface area contributed by atoms with Gasteiger partial charge in [0.1, 0.15) is 5.75 Å². The predicted molar refractivity (Wildman–Crippen MR) is 99.8 cm³/mol. The molecule has 1 amide bonds. The number of nitro benzene ring substituents is 1. The molecule has 0 unspecified atom stereocenters. The summed E-state index contributed by atoms with van der Waals surface area (Å²) in [6, 6.07) is 10.3. The van der Waals surface area contributed by atoms with Crippen molar-refractivity contribution in [2.75, 3.05) is 13.7 Å². The van der Waals surface area contributed by atoms with Crippen LogP contribution in [0.25, 0.3) is 0 Å². The first-order valence-corrected chi connectivity index (χ1v) is 8.27. The minimum Gasteiger partial charge on any atom is -0.481 e. The first-order chi connectivity index (χ1) is 12.9. The van der Waals surface area contributed by atoms with Crippen molar-refractivity contribution in [3.05, 3.63) is 68.2 Å². The lowest BCUT2D eigenvalue weighted by Gasteiger charge is -2.07. The fraction of sp³-hybridized carbons (Fsp3) is 0.118. The smallest absolute Gasteiger partial charge is 0.343 e. The van der Waals surface area contributed by atoms with Crippen LogP contribution in [0.4, 0.5) is 5.69 Å². The highest BCUT2D eigenvalue weighted by atomic mass is 79.9. The summed E-state index contributed by atoms with van der Waals surface area (Å²) in [6.45, 7) is -0.220. The van der Waals surface area contributed by atoms with Gasteiger partial charge in [0.15, 0.2) is 6.61 Å². The van der Waals surface area contributed by atoms with Gasteiger partial charge in [-0.05, 0) is 45.8 Å². The Morgan fingerprint density at radius 2 is 2.07 bits per heavy atom. The molecular formula is C17H14BrN3O6. The van der Waals surface area contributed by atoms with Crippen LogP contribution < -0.4 is 10.2 Å². The van der Waals surface area contributed by atoms with Crippen LogP contribution in [0, 0.1) is 10.1 Å². The van der Waals surface area contributed by atoms with Crippen LogP contribution >= 0.6 is 15.9 Å². The summed E-state index contributed by atoms with van der Waals surface area (Å²) in [5.74, 6) is -0.637. The van der Waals surface area contributed by atoms with Crippen LogP contribution in [0.3, 0.4) is 0 Å². The fourth-order valence-corrected chi connectivity index (χ4v) is 2.41. The Bertz CT molecular complexity index is 900. The van der Waals surface area contributed by atoms with Crippen molar-refractivity contribution in [2.45, 2.75) is 0 Å². The summed E-state index contributed by atoms with van der Waals surface area (Å²) in [4.78, 5) is 33.2. The molecule has 0 saturated heterocycles. The number of hydrogen-bond donors (Lipinski definition) is 1. The third-order valence-electron chi connectivity index (χ3n) is 3.23. The third-order valence-corrected chi connectivity index (χ3v) is 3.85. The van der Waals surface area contributed by atoms with Gasteiger partial charge in [-0.3, -0.25) is 14.9 Å². The standard InChI is InChI=1S/C17H14BrN3O6/c1-26-16(22)10-27-15-6-5-11(7-14(15)18)9-19-20-17(23)12-3-2-4-13(8-12)21(24)25/h2-9H,10H2,1H3,(H,20,23)/b19-9-. The van der Waals surface area contributed by atoms with Gasteiger partial charge in [0.05, 0.1) is 22.7 Å². The van der Waals surface area contributed by atoms with E-state index in [2.05, 4.69) is 31.2 Å². The SMILES string of the molecule is COC(=O)COc1ccc(/C=N\NC(=O)c2cccc([N+](=O)[O-])c2)cc1Br. The number of carbonyl (C=O) groups excluding carboxylic acids is 2. The summed E-state index contributed by atoms with van der Waals surface area (Å²) in [6.07, 6.45) is 1.39. The lowest BCUT2D eigenvalue weighted by atomic mass is 10.2. The zero-order chi connectivity index (χ0) is 19.8. The van der Waals surface area contributed by atoms with Gasteiger partial charge in [0.2, 0.25) is 0 Å². The molecule has 0 saturated carbocycles. The first kappa shape index (κ1) is 20.0. The van der Waals surface area contributed by atoms with Crippen molar-refractivity contribution in [2.24, 2.45) is 5.10 Å². The van der Waals surface area contributed by atoms with E-state index in [0.717, 1.165) is 6.07 Å². The molecule has 0 aliphatic rings. The van der Waals surface area contributed by atoms with Crippen molar-refractivity contribution in [1.29, 1.82) is 0 Å². The summed E-state index contributed by atoms with van der Waals surface area (Å²) < 4.78 is 10.4. The Morgan fingerprint density at radius 1 is 1.30 bits per heavy atom. The molecule has 0 bridgehead atoms. The predicted octanol–water partition coefficient (Wildman–Crippen LogP) is 2.67. The quantitative estimate of drug-likeness (QED) is 0.309. The average molecular weight is 436 g/mol. The fourth-order valence-electron chi connectivity index (χ4n) is 1.90. The number of rotatable bonds is 7. The molecule has 27 heavy (non-hydrogen) atoms. The molecule has 10 heteroatoms. The largest absolute Gasteiger partial charge is 0.481 e. The van der Waals surface area contributed by atoms with Crippen LogP contribution in [0.15, 0.2) is 52.0 Å². The number of benzene rings is 2. The molecule has 0 heterocycles. The second-order valence-corrected chi connectivity index (χ2v) is 5.92. The topological polar surface area (TPSA) is 120 Å². The number of nitro groups is 1. The van der Waals surface area contributed by atoms with Gasteiger partial charge in [-0.2, -0.15) is 5.10 Å². The molecular weight excluding hydrogens is 422 g/mol. The number of esters is 1. The van der Waals surface area contributed by atoms with E-state index < -0.39 is 16.8 Å². The lowest BCUT2D eigenvalue weighted by molar-refractivity contribution is -0.384. The van der Waals surface area contributed by atoms with E-state index in [1.165, 1.54) is 31.5 Å². The van der Waals surface area contributed by atoms with E-state index in [-0.39, 0.29) is 17.9 Å². The number of amides is 1. The number of ether oxygens (including phenoxy) is 2. The molecule has 1 N–H and O–H groups in total. The maximum Gasteiger partial charge on any atom is 0.343 e. The van der Waals surface area contributed by atoms with E-state index in [4.69, 9.17) is 4.74 Å². The molecule has 0 atom stereocenters. The summed E-state index contributed by atoms with van der Waals surface area (Å²) in [5, 5.41) is 14.6. The lowest BCUT2D eigenvalue weighted by Crippen LogP contribution is -2.17. The zero-order valence-electron chi connectivity index (χ0n) is 14.0. The number of halogens is 1. The van der Waals surface area contributed by atoms with Crippen LogP contribution in [0.2, 0.25) is 0 Å². The zero-order valence-corrected chi connectivity index (χ0v) is 15.6. The number of carbonyl (C=O) groups is 2. The Hall–Kier alpha value is -3.27. The first-order valence-electron chi connectivity index (χ1n) is 7.47. The van der Waals surface area contributed by atoms with Crippen LogP contribution in [-0.2, 0) is 9.53 Å². The third kappa shape index (κ3) is 5.89. The molecule has 2 aromatic carbocycles. The van der Waals surface area contributed by atoms with Gasteiger partial charge in [-0.15, -0.1) is 0 Å². The molecule has 0 fully saturated rings. The van der Waals surface area contributed by atoms with E-state index >= 15 is 0 Å². The minimum atomic E-state index is -0.582. The van der Waals surface area contributed by atoms with Crippen molar-refractivity contribution < 1.29 is 24.0 Å². The van der Waals surface area contributed by atoms with Crippen LogP contribution in [0.1, 0.15) is 15.9 Å². The van der Waals surface area contributed by atoms with E-state index in [1.54, 1.807) is 18.2 Å². The number of methoxy groups -OCH3 is 1. The molecule has 0 aromatic heterocycles. The molecule has 2 rings (SSSR count). The molecule has 0 spiro atoms. The highest BCUT2D eigenvalue weighted by molar-refractivity contribution is 9.10. The van der Waals surface area contributed by atoms with E-state index in [1.807, 2.05) is 0 Å². The number of nitrogens with one attached hydrogen (secondary N) is 1. The van der Waals surface area contributed by atoms with Crippen LogP contribution in [0.5, 0.6) is 5.75 Å². The van der Waals surface area contributed by atoms with Gasteiger partial charge >= 0.3 is 5.97 Å². The highest BCUT2D eigenvalue weighted by Crippen LogP contribution is 2.25. The second-order valence-electron chi connectivity index (χ2n) is 5.06. The van der Waals surface area contributed by atoms with Gasteiger partial charge in [0.25, 0.3) is 11.6 Å². The van der Waals surface area contributed by atoms with Crippen molar-refractivity contribution in [1.82, 2.24) is 5.43 Å². The molecule has 140 valence electrons. The van der Waals surface area contributed by atoms with Crippen molar-refractivity contribution >= 4 is 39.7 Å². The normalized spacial score (nSPS) is 10.4. The van der Waals surface area contributed by atoms with E-state index in [0.29, 0.717) is 15.8 Å². The average Bonchev–Trinajstić information content (AvgIpc) is 2.67. The number of non-ortho nitro benzene ring substituents is 1. The Labute approximate surface area is 162 Å². The van der Waals surface area contributed by atoms with Crippen molar-refractivity contribution in [3.8, 4) is 5.75 Å². The monoisotopic (exact) mass is 435 g/mol. The number of hydrogen-bond acceptors (Lipinski definition) is 7. The van der Waals surface area contributed by atoms with Gasteiger partial charge in [-0.25, -0.2) is 10.2 Å². The molecule has 0 aliphatic carbocycles. The Morgan fingerprint density at radius 3 is 2.74 bits per heavy atom. The summed E-state index contributed by atoms with van der Waals surface area (Å²) in [5.41, 5.74) is 2.88.